The highest BCUT2D eigenvalue weighted by molar-refractivity contribution is 6.29. The van der Waals surface area contributed by atoms with Crippen LogP contribution in [0.4, 0.5) is 0 Å². The lowest BCUT2D eigenvalue weighted by Gasteiger charge is -2.22. The Morgan fingerprint density at radius 2 is 2.08 bits per heavy atom. The lowest BCUT2D eigenvalue weighted by atomic mass is 9.83. The summed E-state index contributed by atoms with van der Waals surface area (Å²) >= 11 is 5.69. The fourth-order valence-corrected chi connectivity index (χ4v) is 1.09. The number of aromatic nitrogens is 1. The predicted molar refractivity (Wildman–Crippen MR) is 52.6 cm³/mol. The largest absolute Gasteiger partial charge is 0.244 e. The topological polar surface area (TPSA) is 12.9 Å². The molecule has 0 N–H and O–H groups in total. The molecule has 0 saturated carbocycles. The molecule has 0 aromatic carbocycles. The quantitative estimate of drug-likeness (QED) is 0.641. The number of nitrogens with zero attached hydrogens (tertiary/aromatic N) is 1. The smallest absolute Gasteiger partial charge is 0.129 e. The molecule has 0 aliphatic carbocycles. The van der Waals surface area contributed by atoms with Crippen molar-refractivity contribution in [3.63, 3.8) is 0 Å². The van der Waals surface area contributed by atoms with Gasteiger partial charge in [0.2, 0.25) is 0 Å². The van der Waals surface area contributed by atoms with Gasteiger partial charge in [-0.05, 0) is 23.5 Å². The summed E-state index contributed by atoms with van der Waals surface area (Å²) in [7, 11) is 0. The molecule has 0 fully saturated rings. The van der Waals surface area contributed by atoms with Crippen LogP contribution in [0, 0.1) is 0 Å². The van der Waals surface area contributed by atoms with Gasteiger partial charge in [0.1, 0.15) is 5.15 Å². The van der Waals surface area contributed by atoms with Crippen molar-refractivity contribution in [2.45, 2.75) is 32.6 Å². The average Bonchev–Trinajstić information content (AvgIpc) is 2.05. The normalized spacial score (nSPS) is 11.7. The van der Waals surface area contributed by atoms with Crippen LogP contribution in [-0.4, -0.2) is 4.98 Å². The van der Waals surface area contributed by atoms with Crippen LogP contribution >= 0.6 is 11.6 Å². The van der Waals surface area contributed by atoms with E-state index in [9.17, 15) is 0 Å². The maximum atomic E-state index is 5.69. The molecule has 0 bridgehead atoms. The Bertz CT molecular complexity index is 251. The second-order valence-corrected chi connectivity index (χ2v) is 3.99. The third-order valence-corrected chi connectivity index (χ3v) is 2.62. The van der Waals surface area contributed by atoms with E-state index < -0.39 is 0 Å². The second-order valence-electron chi connectivity index (χ2n) is 3.61. The van der Waals surface area contributed by atoms with Crippen LogP contribution in [0.15, 0.2) is 18.3 Å². The monoisotopic (exact) mass is 183 g/mol. The zero-order valence-corrected chi connectivity index (χ0v) is 8.52. The van der Waals surface area contributed by atoms with Gasteiger partial charge in [-0.15, -0.1) is 0 Å². The molecule has 0 atom stereocenters. The molecule has 2 heteroatoms. The molecule has 66 valence electrons. The standard InChI is InChI=1S/C10H14ClN/c1-4-10(2,3)8-5-6-9(11)12-7-8/h5-7H,4H2,1-3H3. The minimum atomic E-state index is 0.206. The number of hydrogen-bond acceptors (Lipinski definition) is 1. The Labute approximate surface area is 78.8 Å². The molecule has 1 heterocycles. The summed E-state index contributed by atoms with van der Waals surface area (Å²) in [6, 6.07) is 3.88. The van der Waals surface area contributed by atoms with Gasteiger partial charge < -0.3 is 0 Å². The highest BCUT2D eigenvalue weighted by Crippen LogP contribution is 2.26. The predicted octanol–water partition coefficient (Wildman–Crippen LogP) is 3.42. The Morgan fingerprint density at radius 1 is 1.42 bits per heavy atom. The van der Waals surface area contributed by atoms with E-state index >= 15 is 0 Å². The number of rotatable bonds is 2. The highest BCUT2D eigenvalue weighted by atomic mass is 35.5. The van der Waals surface area contributed by atoms with Crippen LogP contribution < -0.4 is 0 Å². The molecule has 1 rings (SSSR count). The van der Waals surface area contributed by atoms with E-state index in [-0.39, 0.29) is 5.41 Å². The third kappa shape index (κ3) is 1.98. The molecule has 0 aliphatic rings. The average molecular weight is 184 g/mol. The van der Waals surface area contributed by atoms with Gasteiger partial charge in [0, 0.05) is 6.20 Å². The third-order valence-electron chi connectivity index (χ3n) is 2.39. The minimum absolute atomic E-state index is 0.206. The van der Waals surface area contributed by atoms with Crippen LogP contribution in [0.25, 0.3) is 0 Å². The number of pyridine rings is 1. The summed E-state index contributed by atoms with van der Waals surface area (Å²) in [5, 5.41) is 0.561. The van der Waals surface area contributed by atoms with Crippen molar-refractivity contribution in [1.82, 2.24) is 4.98 Å². The lowest BCUT2D eigenvalue weighted by molar-refractivity contribution is 0.504. The summed E-state index contributed by atoms with van der Waals surface area (Å²) in [5.74, 6) is 0. The number of halogens is 1. The SMILES string of the molecule is CCC(C)(C)c1ccc(Cl)nc1. The minimum Gasteiger partial charge on any atom is -0.244 e. The molecule has 1 nitrogen and oxygen atoms in total. The van der Waals surface area contributed by atoms with Gasteiger partial charge in [0.25, 0.3) is 0 Å². The van der Waals surface area contributed by atoms with Gasteiger partial charge in [-0.25, -0.2) is 4.98 Å². The van der Waals surface area contributed by atoms with Crippen molar-refractivity contribution in [2.24, 2.45) is 0 Å². The van der Waals surface area contributed by atoms with Crippen LogP contribution in [-0.2, 0) is 5.41 Å². The second kappa shape index (κ2) is 3.44. The van der Waals surface area contributed by atoms with Gasteiger partial charge >= 0.3 is 0 Å². The van der Waals surface area contributed by atoms with Gasteiger partial charge in [0.15, 0.2) is 0 Å². The van der Waals surface area contributed by atoms with Crippen molar-refractivity contribution in [3.8, 4) is 0 Å². The van der Waals surface area contributed by atoms with E-state index in [0.29, 0.717) is 5.15 Å². The molecule has 12 heavy (non-hydrogen) atoms. The summed E-state index contributed by atoms with van der Waals surface area (Å²) in [6.07, 6.45) is 2.96. The fraction of sp³-hybridized carbons (Fsp3) is 0.500. The Kier molecular flexibility index (Phi) is 2.73. The molecule has 0 saturated heterocycles. The van der Waals surface area contributed by atoms with E-state index in [1.54, 1.807) is 0 Å². The van der Waals surface area contributed by atoms with Gasteiger partial charge in [-0.1, -0.05) is 38.4 Å². The maximum absolute atomic E-state index is 5.69. The number of hydrogen-bond donors (Lipinski definition) is 0. The zero-order chi connectivity index (χ0) is 9.19. The summed E-state index contributed by atoms with van der Waals surface area (Å²) in [5.41, 5.74) is 1.45. The van der Waals surface area contributed by atoms with E-state index in [1.807, 2.05) is 18.3 Å². The molecule has 1 aromatic heterocycles. The van der Waals surface area contributed by atoms with Crippen molar-refractivity contribution in [3.05, 3.63) is 29.0 Å². The van der Waals surface area contributed by atoms with Gasteiger partial charge in [0.05, 0.1) is 0 Å². The van der Waals surface area contributed by atoms with Crippen molar-refractivity contribution in [2.75, 3.05) is 0 Å². The van der Waals surface area contributed by atoms with E-state index in [4.69, 9.17) is 11.6 Å². The van der Waals surface area contributed by atoms with E-state index in [2.05, 4.69) is 25.8 Å². The molecule has 0 spiro atoms. The van der Waals surface area contributed by atoms with Crippen LogP contribution in [0.2, 0.25) is 5.15 Å². The van der Waals surface area contributed by atoms with Crippen molar-refractivity contribution < 1.29 is 0 Å². The molecule has 0 unspecified atom stereocenters. The van der Waals surface area contributed by atoms with E-state index in [0.717, 1.165) is 6.42 Å². The van der Waals surface area contributed by atoms with Crippen LogP contribution in [0.5, 0.6) is 0 Å². The fourth-order valence-electron chi connectivity index (χ4n) is 0.980. The molecular formula is C10H14ClN. The van der Waals surface area contributed by atoms with Crippen LogP contribution in [0.3, 0.4) is 0 Å². The Morgan fingerprint density at radius 3 is 2.50 bits per heavy atom. The van der Waals surface area contributed by atoms with Gasteiger partial charge in [-0.3, -0.25) is 0 Å². The Hall–Kier alpha value is -0.560. The first-order valence-electron chi connectivity index (χ1n) is 4.18. The first kappa shape index (κ1) is 9.53. The molecule has 0 aliphatic heterocycles. The first-order chi connectivity index (χ1) is 5.56. The zero-order valence-electron chi connectivity index (χ0n) is 7.76. The summed E-state index contributed by atoms with van der Waals surface area (Å²) < 4.78 is 0. The van der Waals surface area contributed by atoms with Gasteiger partial charge in [-0.2, -0.15) is 0 Å². The summed E-state index contributed by atoms with van der Waals surface area (Å²) in [4.78, 5) is 4.06. The van der Waals surface area contributed by atoms with Crippen molar-refractivity contribution >= 4 is 11.6 Å². The molecule has 1 aromatic rings. The molecule has 0 radical (unpaired) electrons. The highest BCUT2D eigenvalue weighted by Gasteiger charge is 2.17. The molecule has 0 amide bonds. The first-order valence-corrected chi connectivity index (χ1v) is 4.56. The van der Waals surface area contributed by atoms with Crippen LogP contribution in [0.1, 0.15) is 32.8 Å². The van der Waals surface area contributed by atoms with Crippen molar-refractivity contribution in [1.29, 1.82) is 0 Å². The lowest BCUT2D eigenvalue weighted by Crippen LogP contribution is -2.15. The Balaban J connectivity index is 2.96. The summed E-state index contributed by atoms with van der Waals surface area (Å²) in [6.45, 7) is 6.59. The maximum Gasteiger partial charge on any atom is 0.129 e. The van der Waals surface area contributed by atoms with E-state index in [1.165, 1.54) is 5.56 Å². The molecular weight excluding hydrogens is 170 g/mol.